The lowest BCUT2D eigenvalue weighted by atomic mass is 9.50. The molecule has 8 aliphatic carbocycles. The van der Waals surface area contributed by atoms with Gasteiger partial charge in [-0.25, -0.2) is 9.59 Å². The molecule has 0 atom stereocenters. The van der Waals surface area contributed by atoms with Crippen LogP contribution in [0.1, 0.15) is 89.2 Å². The molecule has 61 heavy (non-hydrogen) atoms. The van der Waals surface area contributed by atoms with Gasteiger partial charge >= 0.3 is 33.1 Å². The van der Waals surface area contributed by atoms with E-state index in [4.69, 9.17) is 28.4 Å². The molecule has 0 N–H and O–H groups in total. The van der Waals surface area contributed by atoms with Crippen LogP contribution in [-0.2, 0) is 32.3 Å². The highest BCUT2D eigenvalue weighted by molar-refractivity contribution is 5.72. The van der Waals surface area contributed by atoms with E-state index in [2.05, 4.69) is 38.1 Å². The lowest BCUT2D eigenvalue weighted by Crippen LogP contribution is -3.61. The van der Waals surface area contributed by atoms with Gasteiger partial charge in [-0.2, -0.15) is 0 Å². The third kappa shape index (κ3) is 9.00. The molecule has 8 nitrogen and oxygen atoms in total. The monoisotopic (exact) mass is 937 g/mol. The second kappa shape index (κ2) is 17.1. The van der Waals surface area contributed by atoms with Crippen molar-refractivity contribution in [2.45, 2.75) is 102 Å². The van der Waals surface area contributed by atoms with E-state index in [-0.39, 0.29) is 57.6 Å². The molecule has 0 saturated heterocycles. The molecule has 0 aromatic heterocycles. The SMILES string of the molecule is CC1(OC(=O)COc2ccc(COc3ccc([I+]c4ccc(OCc5ccc(OCC(=O)OC6(C)C7CC8CC(C7)CC6C8)cc5)cc4)cc3)cc2)C2CC3CC(C2)CC1C3. The number of carbonyl (C=O) groups is 2. The largest absolute Gasteiger partial charge is 0.489 e. The Labute approximate surface area is 370 Å². The second-order valence-corrected chi connectivity index (χ2v) is 22.4. The minimum Gasteiger partial charge on any atom is -0.489 e. The topological polar surface area (TPSA) is 89.5 Å². The van der Waals surface area contributed by atoms with Gasteiger partial charge in [0.1, 0.15) is 47.4 Å². The zero-order valence-electron chi connectivity index (χ0n) is 35.4. The Morgan fingerprint density at radius 1 is 0.443 bits per heavy atom. The standard InChI is InChI=1S/C52H58IO8/c1-51(39-21-35-19-36(23-39)24-40(51)22-35)60-49(54)31-58-45-11-3-33(4-12-45)29-56-47-15-7-43(8-16-47)53-44-9-17-48(18-10-44)57-30-34-5-13-46(14-6-34)59-32-50(55)61-52(2)41-25-37-20-38(27-41)28-42(52)26-37/h3-18,35-42H,19-32H2,1-2H3/q+1. The first-order chi connectivity index (χ1) is 29.6. The fourth-order valence-corrected chi connectivity index (χ4v) is 14.6. The Balaban J connectivity index is 0.620. The van der Waals surface area contributed by atoms with E-state index < -0.39 is 0 Å². The van der Waals surface area contributed by atoms with Crippen molar-refractivity contribution in [1.82, 2.24) is 0 Å². The zero-order chi connectivity index (χ0) is 41.6. The molecular formula is C52H58IO8+. The number of esters is 2. The number of ether oxygens (including phenoxy) is 6. The molecule has 8 saturated carbocycles. The van der Waals surface area contributed by atoms with Crippen molar-refractivity contribution < 1.29 is 59.2 Å². The van der Waals surface area contributed by atoms with Crippen molar-refractivity contribution in [3.63, 3.8) is 0 Å². The number of hydrogen-bond donors (Lipinski definition) is 0. The smallest absolute Gasteiger partial charge is 0.357 e. The fraction of sp³-hybridized carbons (Fsp3) is 0.500. The minimum atomic E-state index is -0.359. The van der Waals surface area contributed by atoms with Crippen molar-refractivity contribution in [3.8, 4) is 23.0 Å². The van der Waals surface area contributed by atoms with Gasteiger partial charge in [0.25, 0.3) is 0 Å². The van der Waals surface area contributed by atoms with Crippen LogP contribution >= 0.6 is 0 Å². The first kappa shape index (κ1) is 40.8. The summed E-state index contributed by atoms with van der Waals surface area (Å²) in [7, 11) is 0. The van der Waals surface area contributed by atoms with Crippen LogP contribution in [0.4, 0.5) is 0 Å². The van der Waals surface area contributed by atoms with E-state index in [9.17, 15) is 9.59 Å². The summed E-state index contributed by atoms with van der Waals surface area (Å²) >= 11 is -0.359. The minimum absolute atomic E-state index is 0.0696. The summed E-state index contributed by atoms with van der Waals surface area (Å²) in [6.07, 6.45) is 12.4. The Kier molecular flexibility index (Phi) is 11.5. The zero-order valence-corrected chi connectivity index (χ0v) is 37.6. The average Bonchev–Trinajstić information content (AvgIpc) is 3.26. The Morgan fingerprint density at radius 2 is 0.738 bits per heavy atom. The van der Waals surface area contributed by atoms with Crippen molar-refractivity contribution >= 4 is 11.9 Å². The van der Waals surface area contributed by atoms with Crippen molar-refractivity contribution in [3.05, 3.63) is 115 Å². The molecule has 0 unspecified atom stereocenters. The molecule has 0 aliphatic heterocycles. The average molecular weight is 938 g/mol. The van der Waals surface area contributed by atoms with Crippen molar-refractivity contribution in [2.24, 2.45) is 47.3 Å². The number of carbonyl (C=O) groups excluding carboxylic acids is 2. The van der Waals surface area contributed by atoms with E-state index in [0.717, 1.165) is 46.3 Å². The van der Waals surface area contributed by atoms with Crippen LogP contribution in [-0.4, -0.2) is 36.4 Å². The summed E-state index contributed by atoms with van der Waals surface area (Å²) in [5.74, 6) is 7.76. The predicted octanol–water partition coefficient (Wildman–Crippen LogP) is 7.25. The highest BCUT2D eigenvalue weighted by atomic mass is 127. The van der Waals surface area contributed by atoms with Gasteiger partial charge in [-0.05, 0) is 209 Å². The van der Waals surface area contributed by atoms with Crippen LogP contribution in [0.25, 0.3) is 0 Å². The molecule has 320 valence electrons. The fourth-order valence-electron chi connectivity index (χ4n) is 12.4. The van der Waals surface area contributed by atoms with Gasteiger partial charge < -0.3 is 28.4 Å². The molecule has 4 aromatic rings. The summed E-state index contributed by atoms with van der Waals surface area (Å²) in [6.45, 7) is 5.08. The van der Waals surface area contributed by atoms with E-state index in [0.29, 0.717) is 48.4 Å². The van der Waals surface area contributed by atoms with E-state index in [1.807, 2.05) is 72.8 Å². The maximum absolute atomic E-state index is 12.9. The maximum atomic E-state index is 12.9. The highest BCUT2D eigenvalue weighted by Crippen LogP contribution is 2.60. The van der Waals surface area contributed by atoms with Gasteiger partial charge in [0.05, 0.1) is 0 Å². The molecule has 0 radical (unpaired) electrons. The van der Waals surface area contributed by atoms with Crippen molar-refractivity contribution in [1.29, 1.82) is 0 Å². The Hall–Kier alpha value is -4.25. The molecule has 9 heteroatoms. The molecular weight excluding hydrogens is 879 g/mol. The number of halogens is 1. The second-order valence-electron chi connectivity index (χ2n) is 19.4. The molecule has 8 bridgehead atoms. The van der Waals surface area contributed by atoms with E-state index in [1.54, 1.807) is 0 Å². The normalized spacial score (nSPS) is 31.4. The summed E-state index contributed by atoms with van der Waals surface area (Å²) in [5, 5.41) is 0. The van der Waals surface area contributed by atoms with E-state index in [1.165, 1.54) is 71.3 Å². The molecule has 0 spiro atoms. The lowest BCUT2D eigenvalue weighted by Gasteiger charge is -2.59. The first-order valence-electron chi connectivity index (χ1n) is 22.6. The highest BCUT2D eigenvalue weighted by Gasteiger charge is 2.58. The van der Waals surface area contributed by atoms with Gasteiger partial charge in [0.2, 0.25) is 0 Å². The van der Waals surface area contributed by atoms with Crippen LogP contribution in [0, 0.1) is 54.5 Å². The lowest BCUT2D eigenvalue weighted by molar-refractivity contribution is -0.597. The van der Waals surface area contributed by atoms with Crippen LogP contribution in [0.15, 0.2) is 97.1 Å². The van der Waals surface area contributed by atoms with Crippen molar-refractivity contribution in [2.75, 3.05) is 13.2 Å². The molecule has 0 heterocycles. The Morgan fingerprint density at radius 3 is 1.07 bits per heavy atom. The summed E-state index contributed by atoms with van der Waals surface area (Å²) < 4.78 is 38.7. The number of benzene rings is 4. The summed E-state index contributed by atoms with van der Waals surface area (Å²) in [5.41, 5.74) is 1.38. The third-order valence-electron chi connectivity index (χ3n) is 15.4. The number of rotatable bonds is 16. The Bertz CT molecular complexity index is 1950. The van der Waals surface area contributed by atoms with Crippen LogP contribution in [0.2, 0.25) is 0 Å². The van der Waals surface area contributed by atoms with Crippen LogP contribution < -0.4 is 40.2 Å². The maximum Gasteiger partial charge on any atom is 0.357 e. The predicted molar refractivity (Wildman–Crippen MR) is 226 cm³/mol. The molecule has 4 aromatic carbocycles. The van der Waals surface area contributed by atoms with Crippen LogP contribution in [0.3, 0.4) is 0 Å². The van der Waals surface area contributed by atoms with Gasteiger partial charge in [-0.1, -0.05) is 24.3 Å². The van der Waals surface area contributed by atoms with Gasteiger partial charge in [0, 0.05) is 0 Å². The first-order valence-corrected chi connectivity index (χ1v) is 24.8. The quantitative estimate of drug-likeness (QED) is 0.0859. The summed E-state index contributed by atoms with van der Waals surface area (Å²) in [6, 6.07) is 32.2. The molecule has 8 aliphatic rings. The molecule has 8 fully saturated rings. The van der Waals surface area contributed by atoms with E-state index >= 15 is 0 Å². The third-order valence-corrected chi connectivity index (χ3v) is 18.1. The van der Waals surface area contributed by atoms with Crippen LogP contribution in [0.5, 0.6) is 23.0 Å². The number of hydrogen-bond acceptors (Lipinski definition) is 8. The molecule has 12 rings (SSSR count). The summed E-state index contributed by atoms with van der Waals surface area (Å²) in [4.78, 5) is 25.7. The van der Waals surface area contributed by atoms with Gasteiger partial charge in [-0.3, -0.25) is 0 Å². The van der Waals surface area contributed by atoms with Gasteiger partial charge in [-0.15, -0.1) is 0 Å². The van der Waals surface area contributed by atoms with Gasteiger partial charge in [0.15, 0.2) is 20.4 Å². The molecule has 0 amide bonds.